The van der Waals surface area contributed by atoms with Crippen molar-refractivity contribution in [3.05, 3.63) is 51.5 Å². The molecule has 0 saturated carbocycles. The molecule has 8 nitrogen and oxygen atoms in total. The summed E-state index contributed by atoms with van der Waals surface area (Å²) in [6.45, 7) is 3.96. The van der Waals surface area contributed by atoms with Gasteiger partial charge in [0.1, 0.15) is 16.9 Å². The largest absolute Gasteiger partial charge is 0.449 e. The Bertz CT molecular complexity index is 1300. The third-order valence-corrected chi connectivity index (χ3v) is 8.37. The van der Waals surface area contributed by atoms with E-state index in [1.165, 1.54) is 57.1 Å². The monoisotopic (exact) mass is 684 g/mol. The van der Waals surface area contributed by atoms with Crippen LogP contribution in [0.15, 0.2) is 41.5 Å². The lowest BCUT2D eigenvalue weighted by Crippen LogP contribution is -2.38. The predicted octanol–water partition coefficient (Wildman–Crippen LogP) is 10.2. The van der Waals surface area contributed by atoms with Crippen molar-refractivity contribution < 1.29 is 19.1 Å². The van der Waals surface area contributed by atoms with Crippen LogP contribution in [0.25, 0.3) is 0 Å². The fraction of sp³-hybridized carbons (Fsp3) is 0.500. The molecule has 1 N–H and O–H groups in total. The molecule has 3 amide bonds. The highest BCUT2D eigenvalue weighted by molar-refractivity contribution is 6.43. The van der Waals surface area contributed by atoms with E-state index in [1.807, 2.05) is 0 Å². The Balaban J connectivity index is 1.70. The number of rotatable bonds is 16. The molecule has 1 atom stereocenters. The molecule has 1 aliphatic heterocycles. The second kappa shape index (κ2) is 18.4. The van der Waals surface area contributed by atoms with Gasteiger partial charge in [0.05, 0.1) is 34.4 Å². The summed E-state index contributed by atoms with van der Waals surface area (Å²) in [5.74, 6) is -0.797. The maximum atomic E-state index is 13.2. The zero-order valence-corrected chi connectivity index (χ0v) is 28.2. The van der Waals surface area contributed by atoms with Crippen molar-refractivity contribution >= 4 is 87.2 Å². The van der Waals surface area contributed by atoms with Gasteiger partial charge >= 0.3 is 6.09 Å². The minimum Gasteiger partial charge on any atom is -0.449 e. The van der Waals surface area contributed by atoms with Gasteiger partial charge in [0.15, 0.2) is 0 Å². The van der Waals surface area contributed by atoms with Gasteiger partial charge in [-0.15, -0.1) is 11.6 Å². The Labute approximate surface area is 280 Å². The van der Waals surface area contributed by atoms with Crippen LogP contribution in [0.2, 0.25) is 15.1 Å². The lowest BCUT2D eigenvalue weighted by molar-refractivity contribution is -0.117. The van der Waals surface area contributed by atoms with E-state index in [2.05, 4.69) is 17.3 Å². The lowest BCUT2D eigenvalue weighted by atomic mass is 10.1. The molecule has 0 bridgehead atoms. The zero-order chi connectivity index (χ0) is 32.1. The van der Waals surface area contributed by atoms with Gasteiger partial charge in [-0.25, -0.2) is 9.69 Å². The van der Waals surface area contributed by atoms with Gasteiger partial charge in [-0.1, -0.05) is 118 Å². The first-order valence-corrected chi connectivity index (χ1v) is 16.8. The minimum atomic E-state index is -0.774. The molecule has 1 aliphatic rings. The van der Waals surface area contributed by atoms with E-state index < -0.39 is 17.4 Å². The molecule has 3 rings (SSSR count). The summed E-state index contributed by atoms with van der Waals surface area (Å²) in [4.78, 5) is 40.5. The molecule has 0 spiro atoms. The van der Waals surface area contributed by atoms with Crippen LogP contribution in [0, 0.1) is 0 Å². The summed E-state index contributed by atoms with van der Waals surface area (Å²) in [7, 11) is 0. The van der Waals surface area contributed by atoms with E-state index in [0.717, 1.165) is 29.2 Å². The van der Waals surface area contributed by atoms with E-state index in [4.69, 9.17) is 51.1 Å². The van der Waals surface area contributed by atoms with E-state index in [1.54, 1.807) is 31.2 Å². The Morgan fingerprint density at radius 3 is 2.16 bits per heavy atom. The first-order valence-electron chi connectivity index (χ1n) is 15.2. The maximum absolute atomic E-state index is 13.2. The first kappa shape index (κ1) is 36.0. The number of hydrogen-bond donors (Lipinski definition) is 1. The topological polar surface area (TPSA) is 91.3 Å². The Morgan fingerprint density at radius 1 is 0.955 bits per heavy atom. The molecule has 1 heterocycles. The number of nitrogens with zero attached hydrogens (tertiary/aromatic N) is 3. The Morgan fingerprint density at radius 2 is 1.55 bits per heavy atom. The molecule has 2 aromatic carbocycles. The summed E-state index contributed by atoms with van der Waals surface area (Å²) >= 11 is 25.2. The summed E-state index contributed by atoms with van der Waals surface area (Å²) in [5, 5.41) is 8.05. The molecule has 12 heteroatoms. The average Bonchev–Trinajstić information content (AvgIpc) is 3.34. The molecule has 240 valence electrons. The number of carbonyl (C=O) groups is 3. The van der Waals surface area contributed by atoms with Crippen LogP contribution in [-0.4, -0.2) is 35.7 Å². The molecule has 0 fully saturated rings. The van der Waals surface area contributed by atoms with Crippen molar-refractivity contribution in [1.29, 1.82) is 0 Å². The fourth-order valence-corrected chi connectivity index (χ4v) is 6.10. The fourth-order valence-electron chi connectivity index (χ4n) is 4.91. The van der Waals surface area contributed by atoms with Crippen molar-refractivity contribution in [2.45, 2.75) is 96.3 Å². The number of carbonyl (C=O) groups excluding carboxylic acids is 3. The van der Waals surface area contributed by atoms with Crippen molar-refractivity contribution in [3.8, 4) is 0 Å². The van der Waals surface area contributed by atoms with Crippen molar-refractivity contribution in [2.24, 2.45) is 5.10 Å². The van der Waals surface area contributed by atoms with Crippen LogP contribution in [0.1, 0.15) is 90.9 Å². The van der Waals surface area contributed by atoms with Gasteiger partial charge < -0.3 is 10.1 Å². The second-order valence-corrected chi connectivity index (χ2v) is 12.4. The summed E-state index contributed by atoms with van der Waals surface area (Å²) in [5.41, 5.74) is 0.722. The number of ether oxygens (including phenoxy) is 1. The summed E-state index contributed by atoms with van der Waals surface area (Å²) in [6.07, 6.45) is 11.4. The average molecular weight is 687 g/mol. The van der Waals surface area contributed by atoms with Gasteiger partial charge in [0.2, 0.25) is 5.91 Å². The number of hydrazone groups is 1. The van der Waals surface area contributed by atoms with E-state index >= 15 is 0 Å². The van der Waals surface area contributed by atoms with E-state index in [-0.39, 0.29) is 46.2 Å². The van der Waals surface area contributed by atoms with Crippen molar-refractivity contribution in [1.82, 2.24) is 0 Å². The molecule has 2 aromatic rings. The van der Waals surface area contributed by atoms with Gasteiger partial charge in [0, 0.05) is 5.02 Å². The minimum absolute atomic E-state index is 0.0602. The number of amides is 3. The van der Waals surface area contributed by atoms with Crippen LogP contribution in [0.5, 0.6) is 0 Å². The predicted molar refractivity (Wildman–Crippen MR) is 182 cm³/mol. The zero-order valence-electron chi connectivity index (χ0n) is 25.2. The number of alkyl halides is 1. The van der Waals surface area contributed by atoms with Gasteiger partial charge in [0.25, 0.3) is 5.91 Å². The number of hydrogen-bond acceptors (Lipinski definition) is 5. The first-order chi connectivity index (χ1) is 21.2. The number of nitrogens with one attached hydrogen (secondary N) is 1. The number of para-hydroxylation sites is 2. The van der Waals surface area contributed by atoms with Gasteiger partial charge in [-0.3, -0.25) is 9.59 Å². The maximum Gasteiger partial charge on any atom is 0.420 e. The van der Waals surface area contributed by atoms with Gasteiger partial charge in [-0.05, 0) is 37.6 Å². The molecule has 0 radical (unpaired) electrons. The van der Waals surface area contributed by atoms with Crippen molar-refractivity contribution in [2.75, 3.05) is 21.8 Å². The molecule has 1 unspecified atom stereocenters. The molecule has 0 aliphatic carbocycles. The normalized spacial score (nSPS) is 13.5. The number of benzene rings is 2. The Kier molecular flexibility index (Phi) is 15.1. The number of anilines is 3. The van der Waals surface area contributed by atoms with Crippen LogP contribution in [-0.2, 0) is 14.3 Å². The SMILES string of the molecule is CCCCCCCCCCCCC(Cl)C(=O)Nc1ccccc1N(C(=O)OCC)C1=NN(c2c(Cl)cc(Cl)cc2Cl)C(=O)C1. The quantitative estimate of drug-likeness (QED) is 0.141. The second-order valence-electron chi connectivity index (χ2n) is 10.6. The lowest BCUT2D eigenvalue weighted by Gasteiger charge is -2.24. The molecular formula is C32H40Cl4N4O4. The third kappa shape index (κ3) is 10.3. The van der Waals surface area contributed by atoms with Crippen LogP contribution < -0.4 is 15.2 Å². The van der Waals surface area contributed by atoms with E-state index in [0.29, 0.717) is 17.1 Å². The molecule has 0 saturated heterocycles. The molecule has 44 heavy (non-hydrogen) atoms. The number of unbranched alkanes of at least 4 members (excludes halogenated alkanes) is 9. The highest BCUT2D eigenvalue weighted by atomic mass is 35.5. The third-order valence-electron chi connectivity index (χ3n) is 7.16. The summed E-state index contributed by atoms with van der Waals surface area (Å²) in [6, 6.07) is 9.56. The van der Waals surface area contributed by atoms with Crippen molar-refractivity contribution in [3.63, 3.8) is 0 Å². The Hall–Kier alpha value is -2.52. The molecular weight excluding hydrogens is 646 g/mol. The summed E-state index contributed by atoms with van der Waals surface area (Å²) < 4.78 is 5.30. The number of halogens is 4. The van der Waals surface area contributed by atoms with Crippen LogP contribution in [0.3, 0.4) is 0 Å². The van der Waals surface area contributed by atoms with E-state index in [9.17, 15) is 14.4 Å². The molecule has 0 aromatic heterocycles. The smallest absolute Gasteiger partial charge is 0.420 e. The standard InChI is InChI=1S/C32H40Cl4N4O4/c1-3-5-6-7-8-9-10-11-12-13-16-23(34)31(42)37-26-17-14-15-18-27(26)39(32(43)44-4-2)28-21-29(41)40(38-28)30-24(35)19-22(33)20-25(30)36/h14-15,17-20,23H,3-13,16,21H2,1-2H3,(H,37,42). The highest BCUT2D eigenvalue weighted by Gasteiger charge is 2.36. The van der Waals surface area contributed by atoms with Crippen LogP contribution in [0.4, 0.5) is 21.9 Å². The van der Waals surface area contributed by atoms with Gasteiger partial charge in [-0.2, -0.15) is 10.1 Å². The van der Waals surface area contributed by atoms with Crippen LogP contribution >= 0.6 is 46.4 Å². The number of amidine groups is 1. The highest BCUT2D eigenvalue weighted by Crippen LogP contribution is 2.39.